The van der Waals surface area contributed by atoms with Gasteiger partial charge in [-0.15, -0.1) is 0 Å². The van der Waals surface area contributed by atoms with E-state index in [4.69, 9.17) is 30.0 Å². The molecule has 6 aromatic rings. The van der Waals surface area contributed by atoms with Gasteiger partial charge in [-0.3, -0.25) is 0 Å². The van der Waals surface area contributed by atoms with Crippen LogP contribution in [0, 0.1) is 0 Å². The van der Waals surface area contributed by atoms with Crippen molar-refractivity contribution in [3.63, 3.8) is 0 Å². The minimum atomic E-state index is -0.838. The number of hydrogen-bond donors (Lipinski definition) is 2. The molecule has 3 aliphatic rings. The zero-order chi connectivity index (χ0) is 30.9. The topological polar surface area (TPSA) is 106 Å². The summed E-state index contributed by atoms with van der Waals surface area (Å²) in [7, 11) is 0. The van der Waals surface area contributed by atoms with Crippen LogP contribution in [0.5, 0.6) is 0 Å². The Morgan fingerprint density at radius 2 is 0.826 bits per heavy atom. The second-order valence-electron chi connectivity index (χ2n) is 12.3. The van der Waals surface area contributed by atoms with Crippen LogP contribution in [0.15, 0.2) is 127 Å². The SMILES string of the molecule is CCCC12N=C(N=c3[nH]/c(c4ccccc34)=N\C3(CCC)N=C(N=c4[nH]/c(c5ccccc45)=N\1)c1ccccc13)c1ccccc12. The van der Waals surface area contributed by atoms with Gasteiger partial charge in [0.25, 0.3) is 0 Å². The quantitative estimate of drug-likeness (QED) is 0.260. The van der Waals surface area contributed by atoms with Crippen molar-refractivity contribution >= 4 is 33.2 Å². The smallest absolute Gasteiger partial charge is 0.181 e. The number of nitrogens with one attached hydrogen (secondary N) is 2. The molecule has 2 atom stereocenters. The Bertz CT molecular complexity index is 2360. The number of fused-ring (bicyclic) bond motifs is 18. The van der Waals surface area contributed by atoms with Crippen LogP contribution in [-0.4, -0.2) is 21.6 Å². The fourth-order valence-electron chi connectivity index (χ4n) is 7.40. The van der Waals surface area contributed by atoms with Crippen molar-refractivity contribution in [2.24, 2.45) is 30.0 Å². The number of hydrogen-bond acceptors (Lipinski definition) is 6. The highest BCUT2D eigenvalue weighted by Gasteiger charge is 2.41. The van der Waals surface area contributed by atoms with Crippen LogP contribution in [0.1, 0.15) is 61.8 Å². The van der Waals surface area contributed by atoms with Gasteiger partial charge in [-0.2, -0.15) is 0 Å². The third kappa shape index (κ3) is 3.86. The Balaban J connectivity index is 1.48. The lowest BCUT2D eigenvalue weighted by Gasteiger charge is -2.22. The van der Waals surface area contributed by atoms with E-state index in [9.17, 15) is 0 Å². The Morgan fingerprint density at radius 3 is 1.24 bits per heavy atom. The predicted octanol–water partition coefficient (Wildman–Crippen LogP) is 5.67. The zero-order valence-electron chi connectivity index (χ0n) is 25.7. The molecule has 8 nitrogen and oxygen atoms in total. The molecule has 3 aliphatic heterocycles. The van der Waals surface area contributed by atoms with Crippen molar-refractivity contribution in [2.45, 2.75) is 50.9 Å². The minimum absolute atomic E-state index is 0.661. The fourth-order valence-corrected chi connectivity index (χ4v) is 7.40. The number of amidine groups is 2. The van der Waals surface area contributed by atoms with Crippen LogP contribution in [0.4, 0.5) is 0 Å². The standard InChI is InChI=1S/C38H32N8/c1-3-21-37-29-19-11-9-17-27(29)35(45-37)41-32-24-14-6-8-16-26(24)34(40-32)44-38(22-4-2)30-20-12-10-18-28(30)36(46-38)42-31-23-13-5-7-15-25(23)33(39-31)43-37/h5-20H,3-4,21-22H2,1-2H3,(H,39,42,43,46)(H,40,41,44,45). The number of nitrogens with zero attached hydrogens (tertiary/aromatic N) is 6. The maximum absolute atomic E-state index is 5.47. The molecule has 0 saturated heterocycles. The molecule has 0 fully saturated rings. The highest BCUT2D eigenvalue weighted by Crippen LogP contribution is 2.42. The summed E-state index contributed by atoms with van der Waals surface area (Å²) < 4.78 is 0. The third-order valence-electron chi connectivity index (χ3n) is 9.35. The van der Waals surface area contributed by atoms with E-state index in [-0.39, 0.29) is 0 Å². The van der Waals surface area contributed by atoms with Gasteiger partial charge in [0.05, 0.1) is 0 Å². The molecule has 2 aromatic heterocycles. The van der Waals surface area contributed by atoms with E-state index >= 15 is 0 Å². The highest BCUT2D eigenvalue weighted by molar-refractivity contribution is 6.05. The van der Waals surface area contributed by atoms with Gasteiger partial charge in [0, 0.05) is 43.8 Å². The molecule has 0 spiro atoms. The summed E-state index contributed by atoms with van der Waals surface area (Å²) in [6, 6.07) is 33.2. The molecule has 9 rings (SSSR count). The van der Waals surface area contributed by atoms with Gasteiger partial charge in [0.2, 0.25) is 0 Å². The van der Waals surface area contributed by atoms with E-state index in [2.05, 4.69) is 84.5 Å². The maximum atomic E-state index is 5.47. The van der Waals surface area contributed by atoms with Crippen molar-refractivity contribution in [3.8, 4) is 0 Å². The molecular weight excluding hydrogens is 568 g/mol. The molecule has 0 radical (unpaired) electrons. The monoisotopic (exact) mass is 600 g/mol. The van der Waals surface area contributed by atoms with Crippen LogP contribution in [-0.2, 0) is 11.3 Å². The minimum Gasteiger partial charge on any atom is -0.324 e. The van der Waals surface area contributed by atoms with E-state index in [1.54, 1.807) is 0 Å². The van der Waals surface area contributed by atoms with E-state index < -0.39 is 11.3 Å². The molecule has 5 heterocycles. The molecule has 8 heteroatoms. The summed E-state index contributed by atoms with van der Waals surface area (Å²) in [6.07, 6.45) is 3.25. The van der Waals surface area contributed by atoms with Crippen LogP contribution in [0.3, 0.4) is 0 Å². The molecule has 2 unspecified atom stereocenters. The zero-order valence-corrected chi connectivity index (χ0v) is 25.7. The van der Waals surface area contributed by atoms with E-state index in [0.29, 0.717) is 11.7 Å². The summed E-state index contributed by atoms with van der Waals surface area (Å²) in [5, 5.41) is 3.97. The Labute approximate surface area is 264 Å². The number of benzene rings is 4. The summed E-state index contributed by atoms with van der Waals surface area (Å²) in [4.78, 5) is 39.3. The number of aromatic nitrogens is 2. The van der Waals surface area contributed by atoms with E-state index in [1.165, 1.54) is 0 Å². The lowest BCUT2D eigenvalue weighted by molar-refractivity contribution is 0.423. The van der Waals surface area contributed by atoms with Crippen LogP contribution in [0.2, 0.25) is 0 Å². The summed E-state index contributed by atoms with van der Waals surface area (Å²) >= 11 is 0. The number of aromatic amines is 2. The van der Waals surface area contributed by atoms with Gasteiger partial charge in [0.15, 0.2) is 23.0 Å². The van der Waals surface area contributed by atoms with Crippen molar-refractivity contribution in [3.05, 3.63) is 141 Å². The van der Waals surface area contributed by atoms with Gasteiger partial charge >= 0.3 is 0 Å². The summed E-state index contributed by atoms with van der Waals surface area (Å²) in [5.74, 6) is 1.32. The normalized spacial score (nSPS) is 22.5. The average Bonchev–Trinajstić information content (AvgIpc) is 3.78. The molecule has 4 aromatic carbocycles. The molecule has 0 saturated carbocycles. The summed E-state index contributed by atoms with van der Waals surface area (Å²) in [6.45, 7) is 4.35. The van der Waals surface area contributed by atoms with Gasteiger partial charge in [-0.25, -0.2) is 30.0 Å². The first-order valence-corrected chi connectivity index (χ1v) is 16.1. The third-order valence-corrected chi connectivity index (χ3v) is 9.35. The summed E-state index contributed by atoms with van der Waals surface area (Å²) in [5.41, 5.74) is 5.35. The van der Waals surface area contributed by atoms with Crippen LogP contribution in [0.25, 0.3) is 21.5 Å². The lowest BCUT2D eigenvalue weighted by atomic mass is 9.94. The van der Waals surface area contributed by atoms with Gasteiger partial charge in [-0.1, -0.05) is 124 Å². The average molecular weight is 601 g/mol. The van der Waals surface area contributed by atoms with Crippen molar-refractivity contribution in [1.82, 2.24) is 9.97 Å². The lowest BCUT2D eigenvalue weighted by Crippen LogP contribution is -2.25. The highest BCUT2D eigenvalue weighted by atomic mass is 15.2. The van der Waals surface area contributed by atoms with Crippen molar-refractivity contribution in [1.29, 1.82) is 0 Å². The maximum Gasteiger partial charge on any atom is 0.181 e. The van der Waals surface area contributed by atoms with Gasteiger partial charge < -0.3 is 9.97 Å². The number of H-pyrrole nitrogens is 2. The molecule has 0 amide bonds. The number of aliphatic imine (C=N–C) groups is 2. The Hall–Kier alpha value is -5.50. The second kappa shape index (κ2) is 10.0. The first kappa shape index (κ1) is 26.9. The van der Waals surface area contributed by atoms with Crippen LogP contribution >= 0.6 is 0 Å². The van der Waals surface area contributed by atoms with Crippen molar-refractivity contribution in [2.75, 3.05) is 0 Å². The van der Waals surface area contributed by atoms with Crippen LogP contribution < -0.4 is 22.0 Å². The van der Waals surface area contributed by atoms with E-state index in [1.807, 2.05) is 36.4 Å². The molecule has 46 heavy (non-hydrogen) atoms. The van der Waals surface area contributed by atoms with E-state index in [0.717, 1.165) is 91.4 Å². The Morgan fingerprint density at radius 1 is 0.457 bits per heavy atom. The Kier molecular flexibility index (Phi) is 5.84. The molecule has 0 aliphatic carbocycles. The second-order valence-corrected chi connectivity index (χ2v) is 12.3. The van der Waals surface area contributed by atoms with Gasteiger partial charge in [0.1, 0.15) is 22.0 Å². The molecule has 2 N–H and O–H groups in total. The first-order chi connectivity index (χ1) is 22.6. The first-order valence-electron chi connectivity index (χ1n) is 16.1. The number of rotatable bonds is 4. The molecule has 224 valence electrons. The largest absolute Gasteiger partial charge is 0.324 e. The molecule has 8 bridgehead atoms. The van der Waals surface area contributed by atoms with Crippen molar-refractivity contribution < 1.29 is 0 Å². The molecular formula is C38H32N8. The fraction of sp³-hybridized carbons (Fsp3) is 0.211. The van der Waals surface area contributed by atoms with Gasteiger partial charge in [-0.05, 0) is 12.8 Å². The predicted molar refractivity (Wildman–Crippen MR) is 180 cm³/mol.